The summed E-state index contributed by atoms with van der Waals surface area (Å²) in [5.41, 5.74) is 0.967. The topological polar surface area (TPSA) is 29.5 Å². The molecule has 0 radical (unpaired) electrons. The van der Waals surface area contributed by atoms with Crippen molar-refractivity contribution in [1.82, 2.24) is 4.90 Å². The molecular formula is C16H23NO2S. The third kappa shape index (κ3) is 3.48. The number of methoxy groups -OCH3 is 1. The Kier molecular flexibility index (Phi) is 4.63. The van der Waals surface area contributed by atoms with E-state index in [1.54, 1.807) is 7.11 Å². The van der Waals surface area contributed by atoms with E-state index < -0.39 is 0 Å². The van der Waals surface area contributed by atoms with Crippen molar-refractivity contribution in [3.8, 4) is 5.75 Å². The van der Waals surface area contributed by atoms with Crippen molar-refractivity contribution in [2.45, 2.75) is 26.0 Å². The normalized spacial score (nSPS) is 19.8. The molecule has 0 N–H and O–H groups in total. The van der Waals surface area contributed by atoms with Crippen LogP contribution in [-0.4, -0.2) is 36.8 Å². The first-order valence-corrected chi connectivity index (χ1v) is 8.01. The van der Waals surface area contributed by atoms with Gasteiger partial charge in [-0.25, -0.2) is 0 Å². The highest BCUT2D eigenvalue weighted by Crippen LogP contribution is 2.35. The molecule has 4 heteroatoms. The van der Waals surface area contributed by atoms with Gasteiger partial charge in [-0.05, 0) is 17.7 Å². The molecule has 1 heterocycles. The van der Waals surface area contributed by atoms with Crippen molar-refractivity contribution < 1.29 is 9.53 Å². The summed E-state index contributed by atoms with van der Waals surface area (Å²) in [6, 6.07) is 8.17. The Morgan fingerprint density at radius 1 is 1.30 bits per heavy atom. The van der Waals surface area contributed by atoms with Gasteiger partial charge in [-0.15, -0.1) is 0 Å². The molecule has 1 aromatic rings. The zero-order valence-corrected chi connectivity index (χ0v) is 13.5. The van der Waals surface area contributed by atoms with Crippen LogP contribution in [0.1, 0.15) is 31.6 Å². The first kappa shape index (κ1) is 15.2. The second kappa shape index (κ2) is 6.08. The molecule has 2 rings (SSSR count). The van der Waals surface area contributed by atoms with Crippen LogP contribution in [-0.2, 0) is 4.79 Å². The molecule has 0 saturated carbocycles. The third-order valence-electron chi connectivity index (χ3n) is 3.48. The highest BCUT2D eigenvalue weighted by Gasteiger charge is 2.31. The molecule has 0 aliphatic carbocycles. The number of carbonyl (C=O) groups is 1. The maximum absolute atomic E-state index is 12.4. The largest absolute Gasteiger partial charge is 0.497 e. The molecule has 20 heavy (non-hydrogen) atoms. The minimum atomic E-state index is -0.299. The van der Waals surface area contributed by atoms with Crippen LogP contribution in [0.25, 0.3) is 0 Å². The Balaban J connectivity index is 2.08. The fraction of sp³-hybridized carbons (Fsp3) is 0.562. The van der Waals surface area contributed by atoms with E-state index in [2.05, 4.69) is 12.1 Å². The Hall–Kier alpha value is -1.16. The third-order valence-corrected chi connectivity index (χ3v) is 4.72. The van der Waals surface area contributed by atoms with Gasteiger partial charge in [-0.3, -0.25) is 4.79 Å². The van der Waals surface area contributed by atoms with Gasteiger partial charge in [-0.2, -0.15) is 11.8 Å². The Morgan fingerprint density at radius 2 is 1.95 bits per heavy atom. The second-order valence-corrected chi connectivity index (χ2v) is 7.44. The lowest BCUT2D eigenvalue weighted by molar-refractivity contribution is -0.139. The van der Waals surface area contributed by atoms with Gasteiger partial charge in [0.2, 0.25) is 5.91 Å². The molecule has 1 fully saturated rings. The zero-order chi connectivity index (χ0) is 14.8. The highest BCUT2D eigenvalue weighted by atomic mass is 32.2. The average molecular weight is 293 g/mol. The monoisotopic (exact) mass is 293 g/mol. The van der Waals surface area contributed by atoms with E-state index in [-0.39, 0.29) is 11.3 Å². The van der Waals surface area contributed by atoms with E-state index in [0.29, 0.717) is 5.25 Å². The van der Waals surface area contributed by atoms with Gasteiger partial charge in [-0.1, -0.05) is 32.9 Å². The van der Waals surface area contributed by atoms with E-state index >= 15 is 0 Å². The van der Waals surface area contributed by atoms with Crippen LogP contribution >= 0.6 is 11.8 Å². The lowest BCUT2D eigenvalue weighted by Gasteiger charge is -2.36. The number of benzene rings is 1. The van der Waals surface area contributed by atoms with Gasteiger partial charge in [0.1, 0.15) is 5.75 Å². The van der Waals surface area contributed by atoms with Crippen LogP contribution in [0.15, 0.2) is 24.3 Å². The van der Waals surface area contributed by atoms with Crippen molar-refractivity contribution in [2.75, 3.05) is 26.0 Å². The van der Waals surface area contributed by atoms with Gasteiger partial charge >= 0.3 is 0 Å². The van der Waals surface area contributed by atoms with Crippen molar-refractivity contribution in [3.63, 3.8) is 0 Å². The Morgan fingerprint density at radius 3 is 2.50 bits per heavy atom. The van der Waals surface area contributed by atoms with Crippen LogP contribution in [0.5, 0.6) is 5.75 Å². The van der Waals surface area contributed by atoms with Gasteiger partial charge in [0, 0.05) is 29.5 Å². The molecule has 0 spiro atoms. The minimum absolute atomic E-state index is 0.247. The predicted octanol–water partition coefficient (Wildman–Crippen LogP) is 3.36. The van der Waals surface area contributed by atoms with E-state index in [4.69, 9.17) is 4.74 Å². The fourth-order valence-electron chi connectivity index (χ4n) is 2.33. The molecule has 110 valence electrons. The average Bonchev–Trinajstić information content (AvgIpc) is 2.46. The molecule has 1 atom stereocenters. The molecule has 1 aromatic carbocycles. The summed E-state index contributed by atoms with van der Waals surface area (Å²) in [4.78, 5) is 14.4. The Labute approximate surface area is 125 Å². The molecule has 1 unspecified atom stereocenters. The number of amides is 1. The van der Waals surface area contributed by atoms with Gasteiger partial charge in [0.05, 0.1) is 7.11 Å². The van der Waals surface area contributed by atoms with Gasteiger partial charge < -0.3 is 9.64 Å². The number of hydrogen-bond acceptors (Lipinski definition) is 3. The molecule has 1 amide bonds. The summed E-state index contributed by atoms with van der Waals surface area (Å²) in [6.45, 7) is 7.61. The lowest BCUT2D eigenvalue weighted by atomic mass is 9.94. The van der Waals surface area contributed by atoms with Gasteiger partial charge in [0.15, 0.2) is 0 Å². The molecule has 1 aliphatic rings. The molecule has 0 bridgehead atoms. The zero-order valence-electron chi connectivity index (χ0n) is 12.7. The lowest BCUT2D eigenvalue weighted by Crippen LogP contribution is -2.44. The first-order chi connectivity index (χ1) is 9.41. The van der Waals surface area contributed by atoms with Crippen LogP contribution in [0, 0.1) is 5.41 Å². The molecule has 3 nitrogen and oxygen atoms in total. The smallest absolute Gasteiger partial charge is 0.228 e. The summed E-state index contributed by atoms with van der Waals surface area (Å²) in [5.74, 6) is 2.12. The van der Waals surface area contributed by atoms with E-state index in [9.17, 15) is 4.79 Å². The van der Waals surface area contributed by atoms with Crippen molar-refractivity contribution >= 4 is 17.7 Å². The number of hydrogen-bond donors (Lipinski definition) is 0. The second-order valence-electron chi connectivity index (χ2n) is 6.13. The SMILES string of the molecule is COc1ccc(C2CN(C(=O)C(C)(C)C)CCS2)cc1. The summed E-state index contributed by atoms with van der Waals surface area (Å²) in [7, 11) is 1.67. The van der Waals surface area contributed by atoms with Gasteiger partial charge in [0.25, 0.3) is 0 Å². The number of rotatable bonds is 2. The molecule has 1 saturated heterocycles. The summed E-state index contributed by atoms with van der Waals surface area (Å²) in [6.07, 6.45) is 0. The van der Waals surface area contributed by atoms with Crippen LogP contribution in [0.4, 0.5) is 0 Å². The van der Waals surface area contributed by atoms with Crippen LogP contribution < -0.4 is 4.74 Å². The van der Waals surface area contributed by atoms with Crippen LogP contribution in [0.3, 0.4) is 0 Å². The molecule has 0 aromatic heterocycles. The quantitative estimate of drug-likeness (QED) is 0.837. The summed E-state index contributed by atoms with van der Waals surface area (Å²) in [5, 5.41) is 0.362. The number of carbonyl (C=O) groups excluding carboxylic acids is 1. The van der Waals surface area contributed by atoms with Crippen molar-refractivity contribution in [2.24, 2.45) is 5.41 Å². The van der Waals surface area contributed by atoms with E-state index in [1.807, 2.05) is 49.6 Å². The fourth-order valence-corrected chi connectivity index (χ4v) is 3.57. The number of ether oxygens (including phenoxy) is 1. The van der Waals surface area contributed by atoms with E-state index in [1.165, 1.54) is 5.56 Å². The number of nitrogens with zero attached hydrogens (tertiary/aromatic N) is 1. The maximum atomic E-state index is 12.4. The Bertz CT molecular complexity index is 464. The van der Waals surface area contributed by atoms with Crippen molar-refractivity contribution in [1.29, 1.82) is 0 Å². The molecule has 1 aliphatic heterocycles. The highest BCUT2D eigenvalue weighted by molar-refractivity contribution is 7.99. The standard InChI is InChI=1S/C16H23NO2S/c1-16(2,3)15(18)17-9-10-20-14(11-17)12-5-7-13(19-4)8-6-12/h5-8,14H,9-11H2,1-4H3. The summed E-state index contributed by atoms with van der Waals surface area (Å²) < 4.78 is 5.19. The predicted molar refractivity (Wildman–Crippen MR) is 84.2 cm³/mol. The van der Waals surface area contributed by atoms with Crippen molar-refractivity contribution in [3.05, 3.63) is 29.8 Å². The first-order valence-electron chi connectivity index (χ1n) is 6.97. The van der Waals surface area contributed by atoms with E-state index in [0.717, 1.165) is 24.6 Å². The maximum Gasteiger partial charge on any atom is 0.228 e. The molecular weight excluding hydrogens is 270 g/mol. The summed E-state index contributed by atoms with van der Waals surface area (Å²) >= 11 is 1.93. The van der Waals surface area contributed by atoms with Crippen LogP contribution in [0.2, 0.25) is 0 Å². The number of thioether (sulfide) groups is 1. The minimum Gasteiger partial charge on any atom is -0.497 e.